The monoisotopic (exact) mass is 371 g/mol. The number of hydrogen-bond acceptors (Lipinski definition) is 4. The summed E-state index contributed by atoms with van der Waals surface area (Å²) in [5, 5.41) is 0. The van der Waals surface area contributed by atoms with Crippen molar-refractivity contribution < 1.29 is 17.9 Å². The molecular formula is C20H21NO4S. The summed E-state index contributed by atoms with van der Waals surface area (Å²) < 4.78 is 38.5. The molecule has 0 saturated carbocycles. The Bertz CT molecular complexity index is 947. The molecule has 0 bridgehead atoms. The highest BCUT2D eigenvalue weighted by Crippen LogP contribution is 2.39. The molecule has 0 spiro atoms. The van der Waals surface area contributed by atoms with Crippen molar-refractivity contribution in [1.29, 1.82) is 0 Å². The first-order chi connectivity index (χ1) is 12.5. The van der Waals surface area contributed by atoms with E-state index in [0.717, 1.165) is 12.0 Å². The number of terminal acetylenes is 1. The van der Waals surface area contributed by atoms with Gasteiger partial charge >= 0.3 is 0 Å². The molecule has 2 aromatic rings. The molecule has 26 heavy (non-hydrogen) atoms. The van der Waals surface area contributed by atoms with Gasteiger partial charge in [-0.1, -0.05) is 30.2 Å². The number of nitrogens with zero attached hydrogens (tertiary/aromatic N) is 1. The minimum Gasteiger partial charge on any atom is -0.493 e. The number of fused-ring (bicyclic) bond motifs is 1. The standard InChI is InChI=1S/C20H21NO4S/c1-4-13-21(18-11-9-15-7-5-6-8-17(15)18)26(22,23)16-10-12-19(24-2)20(14-16)25-3/h1,5-8,10,12,14,18H,9,11,13H2,2-3H3/t18-/m0/s1. The Hall–Kier alpha value is -2.49. The maximum atomic E-state index is 13.3. The molecule has 0 radical (unpaired) electrons. The summed E-state index contributed by atoms with van der Waals surface area (Å²) in [6.07, 6.45) is 7.05. The molecule has 1 atom stereocenters. The van der Waals surface area contributed by atoms with Gasteiger partial charge in [-0.25, -0.2) is 8.42 Å². The molecule has 6 heteroatoms. The van der Waals surface area contributed by atoms with Crippen LogP contribution in [0.1, 0.15) is 23.6 Å². The van der Waals surface area contributed by atoms with E-state index in [4.69, 9.17) is 15.9 Å². The zero-order valence-corrected chi connectivity index (χ0v) is 15.6. The first kappa shape index (κ1) is 18.3. The average molecular weight is 371 g/mol. The van der Waals surface area contributed by atoms with E-state index in [-0.39, 0.29) is 17.5 Å². The molecule has 0 amide bonds. The second-order valence-electron chi connectivity index (χ2n) is 6.02. The molecule has 0 N–H and O–H groups in total. The summed E-state index contributed by atoms with van der Waals surface area (Å²) in [5.74, 6) is 3.33. The smallest absolute Gasteiger partial charge is 0.244 e. The van der Waals surface area contributed by atoms with Gasteiger partial charge in [0.1, 0.15) is 0 Å². The third-order valence-electron chi connectivity index (χ3n) is 4.66. The summed E-state index contributed by atoms with van der Waals surface area (Å²) in [6.45, 7) is 0.00960. The maximum absolute atomic E-state index is 13.3. The van der Waals surface area contributed by atoms with Crippen molar-refractivity contribution in [3.8, 4) is 23.8 Å². The Balaban J connectivity index is 2.04. The molecule has 1 aliphatic carbocycles. The second kappa shape index (κ2) is 7.40. The van der Waals surface area contributed by atoms with E-state index in [9.17, 15) is 8.42 Å². The Morgan fingerprint density at radius 1 is 1.15 bits per heavy atom. The van der Waals surface area contributed by atoms with E-state index in [2.05, 4.69) is 5.92 Å². The van der Waals surface area contributed by atoms with Crippen molar-refractivity contribution in [2.45, 2.75) is 23.8 Å². The lowest BCUT2D eigenvalue weighted by atomic mass is 10.1. The first-order valence-electron chi connectivity index (χ1n) is 8.28. The predicted molar refractivity (Wildman–Crippen MR) is 99.8 cm³/mol. The summed E-state index contributed by atoms with van der Waals surface area (Å²) in [4.78, 5) is 0.134. The lowest BCUT2D eigenvalue weighted by Crippen LogP contribution is -2.34. The van der Waals surface area contributed by atoms with E-state index in [1.807, 2.05) is 24.3 Å². The van der Waals surface area contributed by atoms with Crippen LogP contribution >= 0.6 is 0 Å². The fourth-order valence-electron chi connectivity index (χ4n) is 3.40. The van der Waals surface area contributed by atoms with Crippen molar-refractivity contribution in [3.63, 3.8) is 0 Å². The highest BCUT2D eigenvalue weighted by atomic mass is 32.2. The van der Waals surface area contributed by atoms with Crippen molar-refractivity contribution in [2.24, 2.45) is 0 Å². The molecule has 0 heterocycles. The summed E-state index contributed by atoms with van der Waals surface area (Å²) in [7, 11) is -0.813. The number of methoxy groups -OCH3 is 2. The van der Waals surface area contributed by atoms with E-state index in [0.29, 0.717) is 17.9 Å². The van der Waals surface area contributed by atoms with Gasteiger partial charge in [0.05, 0.1) is 31.7 Å². The number of rotatable bonds is 6. The summed E-state index contributed by atoms with van der Waals surface area (Å²) >= 11 is 0. The van der Waals surface area contributed by atoms with Gasteiger partial charge in [0.15, 0.2) is 11.5 Å². The third kappa shape index (κ3) is 3.16. The molecule has 0 fully saturated rings. The minimum atomic E-state index is -3.79. The van der Waals surface area contributed by atoms with E-state index in [1.165, 1.54) is 36.2 Å². The molecule has 5 nitrogen and oxygen atoms in total. The number of benzene rings is 2. The molecule has 136 valence electrons. The molecule has 0 unspecified atom stereocenters. The van der Waals surface area contributed by atoms with Crippen LogP contribution in [0.5, 0.6) is 11.5 Å². The Labute approximate surface area is 154 Å². The molecule has 0 aromatic heterocycles. The van der Waals surface area contributed by atoms with Gasteiger partial charge in [0.25, 0.3) is 0 Å². The Morgan fingerprint density at radius 2 is 1.88 bits per heavy atom. The van der Waals surface area contributed by atoms with Crippen LogP contribution in [0.4, 0.5) is 0 Å². The van der Waals surface area contributed by atoms with Gasteiger partial charge in [0.2, 0.25) is 10.0 Å². The highest BCUT2D eigenvalue weighted by Gasteiger charge is 2.36. The summed E-state index contributed by atoms with van der Waals surface area (Å²) in [6, 6.07) is 12.2. The van der Waals surface area contributed by atoms with Crippen LogP contribution in [0.3, 0.4) is 0 Å². The molecule has 0 saturated heterocycles. The number of hydrogen-bond donors (Lipinski definition) is 0. The Morgan fingerprint density at radius 3 is 2.58 bits per heavy atom. The van der Waals surface area contributed by atoms with E-state index < -0.39 is 10.0 Å². The van der Waals surface area contributed by atoms with Crippen molar-refractivity contribution in [3.05, 3.63) is 53.6 Å². The number of aryl methyl sites for hydroxylation is 1. The quantitative estimate of drug-likeness (QED) is 0.733. The van der Waals surface area contributed by atoms with Gasteiger partial charge in [0, 0.05) is 6.07 Å². The van der Waals surface area contributed by atoms with Crippen molar-refractivity contribution >= 4 is 10.0 Å². The van der Waals surface area contributed by atoms with Crippen LogP contribution < -0.4 is 9.47 Å². The second-order valence-corrected chi connectivity index (χ2v) is 7.92. The van der Waals surface area contributed by atoms with Crippen molar-refractivity contribution in [2.75, 3.05) is 20.8 Å². The van der Waals surface area contributed by atoms with E-state index in [1.54, 1.807) is 6.07 Å². The lowest BCUT2D eigenvalue weighted by molar-refractivity contribution is 0.347. The molecule has 1 aliphatic rings. The molecule has 2 aromatic carbocycles. The molecular weight excluding hydrogens is 350 g/mol. The predicted octanol–water partition coefficient (Wildman–Crippen LogP) is 3.02. The normalized spacial score (nSPS) is 16.2. The van der Waals surface area contributed by atoms with Gasteiger partial charge in [-0.05, 0) is 36.1 Å². The Kier molecular flexibility index (Phi) is 5.21. The SMILES string of the molecule is C#CCN([C@H]1CCc2ccccc21)S(=O)(=O)c1ccc(OC)c(OC)c1. The molecule has 3 rings (SSSR count). The highest BCUT2D eigenvalue weighted by molar-refractivity contribution is 7.89. The lowest BCUT2D eigenvalue weighted by Gasteiger charge is -2.27. The van der Waals surface area contributed by atoms with Gasteiger partial charge < -0.3 is 9.47 Å². The van der Waals surface area contributed by atoms with Crippen LogP contribution in [0.25, 0.3) is 0 Å². The van der Waals surface area contributed by atoms with E-state index >= 15 is 0 Å². The zero-order valence-electron chi connectivity index (χ0n) is 14.8. The van der Waals surface area contributed by atoms with Crippen LogP contribution in [0, 0.1) is 12.3 Å². The van der Waals surface area contributed by atoms with Gasteiger partial charge in [-0.3, -0.25) is 0 Å². The number of ether oxygens (including phenoxy) is 2. The van der Waals surface area contributed by atoms with Gasteiger partial charge in [-0.15, -0.1) is 6.42 Å². The third-order valence-corrected chi connectivity index (χ3v) is 6.51. The average Bonchev–Trinajstić information content (AvgIpc) is 3.09. The van der Waals surface area contributed by atoms with Crippen molar-refractivity contribution in [1.82, 2.24) is 4.31 Å². The fourth-order valence-corrected chi connectivity index (χ4v) is 4.96. The summed E-state index contributed by atoms with van der Waals surface area (Å²) in [5.41, 5.74) is 2.19. The van der Waals surface area contributed by atoms with Crippen LogP contribution in [0.2, 0.25) is 0 Å². The topological polar surface area (TPSA) is 55.8 Å². The van der Waals surface area contributed by atoms with Crippen LogP contribution in [0.15, 0.2) is 47.4 Å². The maximum Gasteiger partial charge on any atom is 0.244 e. The zero-order chi connectivity index (χ0) is 18.7. The fraction of sp³-hybridized carbons (Fsp3) is 0.300. The van der Waals surface area contributed by atoms with Crippen LogP contribution in [-0.4, -0.2) is 33.5 Å². The largest absolute Gasteiger partial charge is 0.493 e. The van der Waals surface area contributed by atoms with Gasteiger partial charge in [-0.2, -0.15) is 4.31 Å². The minimum absolute atomic E-state index is 0.00960. The molecule has 0 aliphatic heterocycles. The number of sulfonamides is 1. The first-order valence-corrected chi connectivity index (χ1v) is 9.72. The van der Waals surface area contributed by atoms with Crippen LogP contribution in [-0.2, 0) is 16.4 Å².